The number of nitrogens with zero attached hydrogens (tertiary/aromatic N) is 5. The summed E-state index contributed by atoms with van der Waals surface area (Å²) in [5.41, 5.74) is 4.99. The normalized spacial score (nSPS) is 16.1. The number of morpholine rings is 1. The highest BCUT2D eigenvalue weighted by Crippen LogP contribution is 2.33. The second-order valence-corrected chi connectivity index (χ2v) is 9.59. The number of aryl methyl sites for hydroxylation is 2. The lowest BCUT2D eigenvalue weighted by Crippen LogP contribution is -2.46. The van der Waals surface area contributed by atoms with Crippen LogP contribution in [-0.4, -0.2) is 63.1 Å². The summed E-state index contributed by atoms with van der Waals surface area (Å²) < 4.78 is 30.9. The fourth-order valence-corrected chi connectivity index (χ4v) is 4.83. The lowest BCUT2D eigenvalue weighted by molar-refractivity contribution is -0.0241. The van der Waals surface area contributed by atoms with E-state index in [0.29, 0.717) is 43.1 Å². The molecule has 35 heavy (non-hydrogen) atoms. The van der Waals surface area contributed by atoms with Gasteiger partial charge in [0.05, 0.1) is 54.1 Å². The van der Waals surface area contributed by atoms with Crippen LogP contribution in [0.2, 0.25) is 0 Å². The molecule has 0 N–H and O–H groups in total. The third-order valence-corrected chi connectivity index (χ3v) is 6.61. The number of rotatable bonds is 4. The Bertz CT molecular complexity index is 1390. The number of methoxy groups -OCH3 is 1. The number of pyridine rings is 1. The van der Waals surface area contributed by atoms with E-state index in [9.17, 15) is 4.79 Å². The van der Waals surface area contributed by atoms with Crippen LogP contribution in [0, 0.1) is 19.7 Å². The number of ether oxygens (including phenoxy) is 2. The molecule has 1 fully saturated rings. The van der Waals surface area contributed by atoms with Crippen molar-refractivity contribution in [3.05, 3.63) is 70.0 Å². The standard InChI is InChI=1S/C25H25BrFN5O3/c1-15-4-5-31-21(11-19-14-30(6-7-35-19)25(33)34-3)24(29-22(31)8-15)23-16(2)9-18(10-20(23)27)32-13-17(26)12-28-32/h4-5,8-10,12-13,19H,6-7,11,14H2,1-3H3/t19-/m0/s1. The monoisotopic (exact) mass is 541 g/mol. The van der Waals surface area contributed by atoms with Gasteiger partial charge in [-0.15, -0.1) is 0 Å². The molecule has 0 spiro atoms. The Kier molecular flexibility index (Phi) is 6.33. The number of aromatic nitrogens is 4. The first-order chi connectivity index (χ1) is 16.8. The van der Waals surface area contributed by atoms with Crippen LogP contribution in [-0.2, 0) is 15.9 Å². The third kappa shape index (κ3) is 4.55. The number of imidazole rings is 1. The van der Waals surface area contributed by atoms with E-state index in [1.54, 1.807) is 22.0 Å². The lowest BCUT2D eigenvalue weighted by Gasteiger charge is -2.32. The Hall–Kier alpha value is -3.24. The van der Waals surface area contributed by atoms with Crippen molar-refractivity contribution in [3.8, 4) is 16.9 Å². The second kappa shape index (κ2) is 9.43. The zero-order valence-corrected chi connectivity index (χ0v) is 21.2. The van der Waals surface area contributed by atoms with E-state index in [1.807, 2.05) is 42.6 Å². The highest BCUT2D eigenvalue weighted by Gasteiger charge is 2.28. The van der Waals surface area contributed by atoms with Gasteiger partial charge < -0.3 is 18.8 Å². The predicted molar refractivity (Wildman–Crippen MR) is 132 cm³/mol. The van der Waals surface area contributed by atoms with E-state index in [2.05, 4.69) is 21.0 Å². The molecule has 1 amide bonds. The van der Waals surface area contributed by atoms with Crippen molar-refractivity contribution >= 4 is 27.7 Å². The van der Waals surface area contributed by atoms with E-state index in [4.69, 9.17) is 14.5 Å². The highest BCUT2D eigenvalue weighted by molar-refractivity contribution is 9.10. The maximum atomic E-state index is 15.7. The van der Waals surface area contributed by atoms with E-state index >= 15 is 4.39 Å². The molecule has 10 heteroatoms. The van der Waals surface area contributed by atoms with E-state index < -0.39 is 0 Å². The largest absolute Gasteiger partial charge is 0.453 e. The van der Waals surface area contributed by atoms with Gasteiger partial charge in [0, 0.05) is 37.0 Å². The number of hydrogen-bond acceptors (Lipinski definition) is 5. The Balaban J connectivity index is 1.58. The van der Waals surface area contributed by atoms with Gasteiger partial charge in [-0.05, 0) is 59.1 Å². The van der Waals surface area contributed by atoms with E-state index in [0.717, 1.165) is 26.9 Å². The number of fused-ring (bicyclic) bond motifs is 1. The molecule has 0 bridgehead atoms. The van der Waals surface area contributed by atoms with Crippen LogP contribution < -0.4 is 0 Å². The number of carbonyl (C=O) groups is 1. The number of halogens is 2. The fourth-order valence-electron chi connectivity index (χ4n) is 4.55. The molecule has 0 saturated carbocycles. The molecule has 1 saturated heterocycles. The average molecular weight is 542 g/mol. The van der Waals surface area contributed by atoms with Crippen LogP contribution in [0.4, 0.5) is 9.18 Å². The number of amides is 1. The SMILES string of the molecule is COC(=O)N1CCO[C@@H](Cc2c(-c3c(C)cc(-n4cc(Br)cn4)cc3F)nc3cc(C)ccn23)C1. The van der Waals surface area contributed by atoms with Crippen LogP contribution in [0.15, 0.2) is 47.3 Å². The minimum absolute atomic E-state index is 0.271. The maximum Gasteiger partial charge on any atom is 0.409 e. The van der Waals surface area contributed by atoms with Crippen LogP contribution in [0.3, 0.4) is 0 Å². The lowest BCUT2D eigenvalue weighted by atomic mass is 10.00. The van der Waals surface area contributed by atoms with Crippen LogP contribution in [0.25, 0.3) is 22.6 Å². The molecule has 3 aromatic heterocycles. The van der Waals surface area contributed by atoms with Gasteiger partial charge in [0.1, 0.15) is 11.5 Å². The zero-order valence-electron chi connectivity index (χ0n) is 19.7. The predicted octanol–water partition coefficient (Wildman–Crippen LogP) is 4.72. The highest BCUT2D eigenvalue weighted by atomic mass is 79.9. The summed E-state index contributed by atoms with van der Waals surface area (Å²) in [6.45, 7) is 5.14. The molecule has 5 rings (SSSR count). The molecule has 182 valence electrons. The molecule has 0 unspecified atom stereocenters. The van der Waals surface area contributed by atoms with Gasteiger partial charge in [0.2, 0.25) is 0 Å². The van der Waals surface area contributed by atoms with Crippen molar-refractivity contribution in [2.24, 2.45) is 0 Å². The van der Waals surface area contributed by atoms with Gasteiger partial charge >= 0.3 is 6.09 Å². The number of benzene rings is 1. The van der Waals surface area contributed by atoms with E-state index in [-0.39, 0.29) is 18.0 Å². The van der Waals surface area contributed by atoms with Gasteiger partial charge in [-0.1, -0.05) is 0 Å². The quantitative estimate of drug-likeness (QED) is 0.374. The zero-order chi connectivity index (χ0) is 24.7. The van der Waals surface area contributed by atoms with Crippen molar-refractivity contribution in [3.63, 3.8) is 0 Å². The molecule has 1 aliphatic rings. The summed E-state index contributed by atoms with van der Waals surface area (Å²) in [6.07, 6.45) is 5.19. The third-order valence-electron chi connectivity index (χ3n) is 6.20. The van der Waals surface area contributed by atoms with Crippen molar-refractivity contribution in [1.82, 2.24) is 24.1 Å². The molecular formula is C25H25BrFN5O3. The topological polar surface area (TPSA) is 73.9 Å². The first-order valence-corrected chi connectivity index (χ1v) is 12.1. The minimum atomic E-state index is -0.381. The van der Waals surface area contributed by atoms with Crippen molar-refractivity contribution in [1.29, 1.82) is 0 Å². The summed E-state index contributed by atoms with van der Waals surface area (Å²) in [5.74, 6) is -0.381. The Morgan fingerprint density at radius 3 is 2.86 bits per heavy atom. The molecule has 0 aliphatic carbocycles. The molecular weight excluding hydrogens is 517 g/mol. The summed E-state index contributed by atoms with van der Waals surface area (Å²) in [6, 6.07) is 7.33. The Morgan fingerprint density at radius 2 is 2.14 bits per heavy atom. The van der Waals surface area contributed by atoms with Gasteiger partial charge in [-0.25, -0.2) is 18.9 Å². The van der Waals surface area contributed by atoms with Crippen LogP contribution >= 0.6 is 15.9 Å². The second-order valence-electron chi connectivity index (χ2n) is 8.67. The summed E-state index contributed by atoms with van der Waals surface area (Å²) in [5, 5.41) is 4.26. The van der Waals surface area contributed by atoms with Crippen molar-refractivity contribution in [2.75, 3.05) is 26.8 Å². The molecule has 1 atom stereocenters. The average Bonchev–Trinajstić information content (AvgIpc) is 3.41. The Labute approximate surface area is 210 Å². The minimum Gasteiger partial charge on any atom is -0.453 e. The molecule has 4 aromatic rings. The van der Waals surface area contributed by atoms with Gasteiger partial charge in [0.15, 0.2) is 0 Å². The van der Waals surface area contributed by atoms with E-state index in [1.165, 1.54) is 13.2 Å². The molecule has 8 nitrogen and oxygen atoms in total. The van der Waals surface area contributed by atoms with Gasteiger partial charge in [0.25, 0.3) is 0 Å². The van der Waals surface area contributed by atoms with Crippen molar-refractivity contribution < 1.29 is 18.7 Å². The summed E-state index contributed by atoms with van der Waals surface area (Å²) in [4.78, 5) is 18.5. The van der Waals surface area contributed by atoms with Gasteiger partial charge in [-0.2, -0.15) is 5.10 Å². The summed E-state index contributed by atoms with van der Waals surface area (Å²) >= 11 is 3.38. The Morgan fingerprint density at radius 1 is 1.31 bits per heavy atom. The molecule has 0 radical (unpaired) electrons. The fraction of sp³-hybridized carbons (Fsp3) is 0.320. The molecule has 4 heterocycles. The van der Waals surface area contributed by atoms with Gasteiger partial charge in [-0.3, -0.25) is 0 Å². The maximum absolute atomic E-state index is 15.7. The van der Waals surface area contributed by atoms with Crippen molar-refractivity contribution in [2.45, 2.75) is 26.4 Å². The smallest absolute Gasteiger partial charge is 0.409 e. The number of carbonyl (C=O) groups excluding carboxylic acids is 1. The van der Waals surface area contributed by atoms with Crippen LogP contribution in [0.1, 0.15) is 16.8 Å². The summed E-state index contributed by atoms with van der Waals surface area (Å²) in [7, 11) is 1.37. The first-order valence-electron chi connectivity index (χ1n) is 11.3. The molecule has 1 aliphatic heterocycles. The first kappa shape index (κ1) is 23.5. The number of hydrogen-bond donors (Lipinski definition) is 0. The van der Waals surface area contributed by atoms with Crippen LogP contribution in [0.5, 0.6) is 0 Å². The molecule has 1 aromatic carbocycles.